The smallest absolute Gasteiger partial charge is 0.261 e. The minimum Gasteiger partial charge on any atom is -0.484 e. The van der Waals surface area contributed by atoms with Crippen molar-refractivity contribution in [3.63, 3.8) is 0 Å². The summed E-state index contributed by atoms with van der Waals surface area (Å²) >= 11 is 0. The Labute approximate surface area is 206 Å². The van der Waals surface area contributed by atoms with E-state index in [0.717, 1.165) is 17.5 Å². The highest BCUT2D eigenvalue weighted by molar-refractivity contribution is 5.88. The van der Waals surface area contributed by atoms with Crippen molar-refractivity contribution in [2.45, 2.75) is 52.2 Å². The molecule has 2 atom stereocenters. The zero-order valence-corrected chi connectivity index (χ0v) is 20.5. The van der Waals surface area contributed by atoms with Gasteiger partial charge in [-0.2, -0.15) is 0 Å². The first-order chi connectivity index (χ1) is 16.9. The van der Waals surface area contributed by atoms with Crippen molar-refractivity contribution in [3.8, 4) is 5.75 Å². The lowest BCUT2D eigenvalue weighted by molar-refractivity contribution is -0.143. The largest absolute Gasteiger partial charge is 0.484 e. The Bertz CT molecular complexity index is 1120. The molecule has 0 fully saturated rings. The first-order valence-corrected chi connectivity index (χ1v) is 11.9. The Balaban J connectivity index is 1.93. The lowest BCUT2D eigenvalue weighted by Gasteiger charge is -2.32. The molecule has 0 spiro atoms. The van der Waals surface area contributed by atoms with Gasteiger partial charge in [0.05, 0.1) is 0 Å². The first-order valence-electron chi connectivity index (χ1n) is 11.9. The quantitative estimate of drug-likeness (QED) is 0.421. The summed E-state index contributed by atoms with van der Waals surface area (Å²) in [6, 6.07) is 22.3. The Morgan fingerprint density at radius 3 is 2.31 bits per heavy atom. The monoisotopic (exact) mass is 476 g/mol. The van der Waals surface area contributed by atoms with Crippen LogP contribution in [-0.2, 0) is 22.6 Å². The second-order valence-corrected chi connectivity index (χ2v) is 8.69. The van der Waals surface area contributed by atoms with Crippen molar-refractivity contribution in [1.82, 2.24) is 10.2 Å². The van der Waals surface area contributed by atoms with Crippen molar-refractivity contribution >= 4 is 11.8 Å². The van der Waals surface area contributed by atoms with Gasteiger partial charge >= 0.3 is 0 Å². The van der Waals surface area contributed by atoms with Gasteiger partial charge in [0.15, 0.2) is 6.61 Å². The second kappa shape index (κ2) is 12.7. The van der Waals surface area contributed by atoms with Gasteiger partial charge in [0.1, 0.15) is 17.6 Å². The van der Waals surface area contributed by atoms with E-state index >= 15 is 0 Å². The number of nitrogens with one attached hydrogen (secondary N) is 1. The summed E-state index contributed by atoms with van der Waals surface area (Å²) in [5.74, 6) is -0.498. The van der Waals surface area contributed by atoms with E-state index in [4.69, 9.17) is 4.74 Å². The van der Waals surface area contributed by atoms with Crippen LogP contribution in [0.25, 0.3) is 0 Å². The van der Waals surface area contributed by atoms with Crippen molar-refractivity contribution < 1.29 is 18.7 Å². The lowest BCUT2D eigenvalue weighted by atomic mass is 10.0. The standard InChI is InChI=1S/C29H33FN2O3/c1-4-22(3)31-29(34)26(18-23-13-6-5-7-14-23)32(19-24-15-9-10-16-25(24)30)28(33)20-35-27-17-11-8-12-21(27)2/h5-17,22,26H,4,18-20H2,1-3H3,(H,31,34)/t22-,26+/m0/s1. The molecule has 3 aromatic rings. The van der Waals surface area contributed by atoms with Crippen LogP contribution in [0.2, 0.25) is 0 Å². The summed E-state index contributed by atoms with van der Waals surface area (Å²) in [6.07, 6.45) is 1.05. The number of aryl methyl sites for hydroxylation is 1. The molecule has 0 aliphatic heterocycles. The summed E-state index contributed by atoms with van der Waals surface area (Å²) < 4.78 is 20.4. The molecule has 0 bridgehead atoms. The number of ether oxygens (including phenoxy) is 1. The van der Waals surface area contributed by atoms with E-state index < -0.39 is 17.8 Å². The Kier molecular flexibility index (Phi) is 9.41. The van der Waals surface area contributed by atoms with Crippen LogP contribution >= 0.6 is 0 Å². The van der Waals surface area contributed by atoms with Crippen LogP contribution in [0.15, 0.2) is 78.9 Å². The maximum atomic E-state index is 14.6. The van der Waals surface area contributed by atoms with Crippen molar-refractivity contribution in [1.29, 1.82) is 0 Å². The number of para-hydroxylation sites is 1. The van der Waals surface area contributed by atoms with Crippen LogP contribution in [0.5, 0.6) is 5.75 Å². The zero-order chi connectivity index (χ0) is 25.2. The van der Waals surface area contributed by atoms with Gasteiger partial charge in [-0.3, -0.25) is 9.59 Å². The fourth-order valence-electron chi connectivity index (χ4n) is 3.75. The van der Waals surface area contributed by atoms with Gasteiger partial charge in [-0.25, -0.2) is 4.39 Å². The molecule has 184 valence electrons. The number of nitrogens with zero attached hydrogens (tertiary/aromatic N) is 1. The van der Waals surface area contributed by atoms with Gasteiger partial charge in [-0.15, -0.1) is 0 Å². The van der Waals surface area contributed by atoms with Gasteiger partial charge in [0, 0.05) is 24.6 Å². The molecule has 0 heterocycles. The van der Waals surface area contributed by atoms with Gasteiger partial charge in [-0.05, 0) is 43.5 Å². The second-order valence-electron chi connectivity index (χ2n) is 8.69. The SMILES string of the molecule is CC[C@H](C)NC(=O)[C@@H](Cc1ccccc1)N(Cc1ccccc1F)C(=O)COc1ccccc1C. The number of amides is 2. The summed E-state index contributed by atoms with van der Waals surface area (Å²) in [5.41, 5.74) is 2.14. The van der Waals surface area contributed by atoms with Crippen molar-refractivity contribution in [2.75, 3.05) is 6.61 Å². The average Bonchev–Trinajstić information content (AvgIpc) is 2.87. The molecule has 6 heteroatoms. The third-order valence-corrected chi connectivity index (χ3v) is 6.02. The van der Waals surface area contributed by atoms with Gasteiger partial charge in [0.25, 0.3) is 5.91 Å². The van der Waals surface area contributed by atoms with E-state index in [1.165, 1.54) is 11.0 Å². The predicted octanol–water partition coefficient (Wildman–Crippen LogP) is 5.07. The number of rotatable bonds is 11. The van der Waals surface area contributed by atoms with Gasteiger partial charge < -0.3 is 15.0 Å². The highest BCUT2D eigenvalue weighted by Crippen LogP contribution is 2.19. The molecule has 0 aliphatic carbocycles. The van der Waals surface area contributed by atoms with E-state index in [2.05, 4.69) is 5.32 Å². The molecule has 0 aliphatic rings. The van der Waals surface area contributed by atoms with Crippen LogP contribution in [-0.4, -0.2) is 35.4 Å². The fourth-order valence-corrected chi connectivity index (χ4v) is 3.75. The maximum Gasteiger partial charge on any atom is 0.261 e. The van der Waals surface area contributed by atoms with Crippen molar-refractivity contribution in [3.05, 3.63) is 101 Å². The predicted molar refractivity (Wildman–Crippen MR) is 135 cm³/mol. The normalized spacial score (nSPS) is 12.5. The van der Waals surface area contributed by atoms with Crippen molar-refractivity contribution in [2.24, 2.45) is 0 Å². The van der Waals surface area contributed by atoms with Gasteiger partial charge in [0.2, 0.25) is 5.91 Å². The molecule has 2 amide bonds. The summed E-state index contributed by atoms with van der Waals surface area (Å²) in [4.78, 5) is 28.4. The third-order valence-electron chi connectivity index (χ3n) is 6.02. The van der Waals surface area contributed by atoms with Crippen LogP contribution < -0.4 is 10.1 Å². The molecule has 3 rings (SSSR count). The molecule has 0 radical (unpaired) electrons. The molecule has 35 heavy (non-hydrogen) atoms. The molecular weight excluding hydrogens is 443 g/mol. The van der Waals surface area contributed by atoms with Gasteiger partial charge in [-0.1, -0.05) is 73.7 Å². The van der Waals surface area contributed by atoms with E-state index in [0.29, 0.717) is 17.7 Å². The average molecular weight is 477 g/mol. The van der Waals surface area contributed by atoms with E-state index in [9.17, 15) is 14.0 Å². The Morgan fingerprint density at radius 1 is 0.971 bits per heavy atom. The highest BCUT2D eigenvalue weighted by atomic mass is 19.1. The molecule has 0 saturated carbocycles. The molecule has 0 aromatic heterocycles. The summed E-state index contributed by atoms with van der Waals surface area (Å²) in [5, 5.41) is 3.00. The molecule has 0 unspecified atom stereocenters. The lowest BCUT2D eigenvalue weighted by Crippen LogP contribution is -2.53. The van der Waals surface area contributed by atoms with E-state index in [1.54, 1.807) is 24.3 Å². The molecule has 5 nitrogen and oxygen atoms in total. The number of halogens is 1. The zero-order valence-electron chi connectivity index (χ0n) is 20.5. The molecule has 3 aromatic carbocycles. The highest BCUT2D eigenvalue weighted by Gasteiger charge is 2.31. The summed E-state index contributed by atoms with van der Waals surface area (Å²) in [6.45, 7) is 5.49. The van der Waals surface area contributed by atoms with Crippen LogP contribution in [0.1, 0.15) is 37.0 Å². The van der Waals surface area contributed by atoms with Crippen LogP contribution in [0, 0.1) is 12.7 Å². The number of carbonyl (C=O) groups is 2. The van der Waals surface area contributed by atoms with Crippen LogP contribution in [0.4, 0.5) is 4.39 Å². The van der Waals surface area contributed by atoms with E-state index in [-0.39, 0.29) is 25.1 Å². The fraction of sp³-hybridized carbons (Fsp3) is 0.310. The third kappa shape index (κ3) is 7.41. The molecule has 1 N–H and O–H groups in total. The van der Waals surface area contributed by atoms with Crippen LogP contribution in [0.3, 0.4) is 0 Å². The summed E-state index contributed by atoms with van der Waals surface area (Å²) in [7, 11) is 0. The number of hydrogen-bond donors (Lipinski definition) is 1. The molecular formula is C29H33FN2O3. The molecule has 0 saturated heterocycles. The number of carbonyl (C=O) groups excluding carboxylic acids is 2. The maximum absolute atomic E-state index is 14.6. The number of benzene rings is 3. The Morgan fingerprint density at radius 2 is 1.63 bits per heavy atom. The minimum absolute atomic E-state index is 0.0476. The minimum atomic E-state index is -0.834. The first kappa shape index (κ1) is 25.9. The topological polar surface area (TPSA) is 58.6 Å². The number of hydrogen-bond acceptors (Lipinski definition) is 3. The Hall–Kier alpha value is -3.67. The van der Waals surface area contributed by atoms with E-state index in [1.807, 2.05) is 69.3 Å².